The summed E-state index contributed by atoms with van der Waals surface area (Å²) >= 11 is 0. The maximum atomic E-state index is 12.9. The van der Waals surface area contributed by atoms with Crippen LogP contribution in [0.3, 0.4) is 0 Å². The fraction of sp³-hybridized carbons (Fsp3) is 0.500. The Morgan fingerprint density at radius 1 is 1.00 bits per heavy atom. The molecule has 0 saturated carbocycles. The first-order chi connectivity index (χ1) is 7.96. The van der Waals surface area contributed by atoms with Crippen molar-refractivity contribution in [1.29, 1.82) is 0 Å². The molecular weight excluding hydrogens is 255 g/mol. The number of benzene rings is 1. The molecule has 1 N–H and O–H groups in total. The molecule has 0 aliphatic heterocycles. The summed E-state index contributed by atoms with van der Waals surface area (Å²) in [6.07, 6.45) is -7.37. The Hall–Kier alpha value is -1.17. The third kappa shape index (κ3) is 3.19. The lowest BCUT2D eigenvalue weighted by molar-refractivity contribution is -0.296. The van der Waals surface area contributed by atoms with Crippen molar-refractivity contribution in [2.24, 2.45) is 0 Å². The fourth-order valence-corrected chi connectivity index (χ4v) is 1.55. The molecule has 0 radical (unpaired) electrons. The molecule has 102 valence electrons. The summed E-state index contributed by atoms with van der Waals surface area (Å²) in [6.45, 7) is 2.68. The van der Waals surface area contributed by atoms with E-state index >= 15 is 0 Å². The van der Waals surface area contributed by atoms with E-state index < -0.39 is 24.1 Å². The second kappa shape index (κ2) is 4.50. The van der Waals surface area contributed by atoms with Crippen LogP contribution in [0.5, 0.6) is 0 Å². The minimum Gasteiger partial charge on any atom is -0.385 e. The Balaban J connectivity index is 2.98. The van der Waals surface area contributed by atoms with Crippen molar-refractivity contribution in [3.63, 3.8) is 0 Å². The number of halogens is 5. The molecule has 1 aromatic carbocycles. The molecule has 6 heteroatoms. The Bertz CT molecular complexity index is 405. The lowest BCUT2D eigenvalue weighted by Gasteiger charge is -2.30. The van der Waals surface area contributed by atoms with Crippen LogP contribution < -0.4 is 0 Å². The van der Waals surface area contributed by atoms with Crippen LogP contribution in [0.4, 0.5) is 22.0 Å². The fourth-order valence-electron chi connectivity index (χ4n) is 1.55. The molecule has 0 bridgehead atoms. The van der Waals surface area contributed by atoms with Gasteiger partial charge in [-0.25, -0.2) is 0 Å². The van der Waals surface area contributed by atoms with Crippen LogP contribution in [-0.2, 0) is 5.60 Å². The maximum absolute atomic E-state index is 12.9. The van der Waals surface area contributed by atoms with Gasteiger partial charge >= 0.3 is 12.1 Å². The van der Waals surface area contributed by atoms with E-state index in [1.807, 2.05) is 0 Å². The second-order valence-corrected chi connectivity index (χ2v) is 4.52. The van der Waals surface area contributed by atoms with Gasteiger partial charge in [0.2, 0.25) is 0 Å². The van der Waals surface area contributed by atoms with Crippen molar-refractivity contribution in [3.05, 3.63) is 35.4 Å². The molecule has 1 nitrogen and oxygen atoms in total. The maximum Gasteiger partial charge on any atom is 0.453 e. The molecule has 0 amide bonds. The third-order valence-electron chi connectivity index (χ3n) is 2.65. The van der Waals surface area contributed by atoms with Crippen molar-refractivity contribution in [1.82, 2.24) is 0 Å². The van der Waals surface area contributed by atoms with Gasteiger partial charge in [-0.15, -0.1) is 0 Å². The zero-order chi connectivity index (χ0) is 14.2. The highest BCUT2D eigenvalue weighted by Gasteiger charge is 2.59. The van der Waals surface area contributed by atoms with E-state index in [0.717, 1.165) is 12.5 Å². The molecule has 0 heterocycles. The van der Waals surface area contributed by atoms with E-state index in [2.05, 4.69) is 0 Å². The summed E-state index contributed by atoms with van der Waals surface area (Å²) in [5, 5.41) is 9.80. The van der Waals surface area contributed by atoms with Gasteiger partial charge in [0.15, 0.2) is 0 Å². The van der Waals surface area contributed by atoms with Crippen LogP contribution in [0, 0.1) is 6.92 Å². The second-order valence-electron chi connectivity index (χ2n) is 4.52. The first-order valence-corrected chi connectivity index (χ1v) is 5.20. The average Bonchev–Trinajstić information content (AvgIpc) is 2.14. The Morgan fingerprint density at radius 3 is 1.83 bits per heavy atom. The summed E-state index contributed by atoms with van der Waals surface area (Å²) in [5.74, 6) is -4.93. The Morgan fingerprint density at radius 2 is 1.44 bits per heavy atom. The topological polar surface area (TPSA) is 20.2 Å². The van der Waals surface area contributed by atoms with Gasteiger partial charge in [-0.1, -0.05) is 29.8 Å². The monoisotopic (exact) mass is 268 g/mol. The van der Waals surface area contributed by atoms with Gasteiger partial charge in [0.05, 0.1) is 12.0 Å². The molecule has 0 saturated heterocycles. The van der Waals surface area contributed by atoms with Crippen LogP contribution in [0.1, 0.15) is 24.5 Å². The Labute approximate surface area is 101 Å². The summed E-state index contributed by atoms with van der Waals surface area (Å²) < 4.78 is 62.1. The highest BCUT2D eigenvalue weighted by molar-refractivity contribution is 5.26. The van der Waals surface area contributed by atoms with Crippen molar-refractivity contribution < 1.29 is 27.1 Å². The average molecular weight is 268 g/mol. The molecule has 1 atom stereocenters. The van der Waals surface area contributed by atoms with Gasteiger partial charge in [0.1, 0.15) is 0 Å². The number of alkyl halides is 5. The van der Waals surface area contributed by atoms with Crippen molar-refractivity contribution in [2.75, 3.05) is 0 Å². The minimum atomic E-state index is -5.66. The van der Waals surface area contributed by atoms with Gasteiger partial charge in [-0.05, 0) is 19.4 Å². The van der Waals surface area contributed by atoms with E-state index in [0.29, 0.717) is 0 Å². The van der Waals surface area contributed by atoms with Gasteiger partial charge in [-0.2, -0.15) is 22.0 Å². The van der Waals surface area contributed by atoms with Crippen LogP contribution >= 0.6 is 0 Å². The zero-order valence-electron chi connectivity index (χ0n) is 9.85. The molecule has 1 unspecified atom stereocenters. The molecule has 0 aliphatic carbocycles. The predicted molar refractivity (Wildman–Crippen MR) is 56.4 cm³/mol. The number of aryl methyl sites for hydroxylation is 1. The highest BCUT2D eigenvalue weighted by atomic mass is 19.4. The zero-order valence-corrected chi connectivity index (χ0v) is 9.85. The van der Waals surface area contributed by atoms with E-state index in [-0.39, 0.29) is 5.56 Å². The number of hydrogen-bond acceptors (Lipinski definition) is 1. The minimum absolute atomic E-state index is 0.0250. The molecule has 18 heavy (non-hydrogen) atoms. The van der Waals surface area contributed by atoms with Crippen LogP contribution in [-0.4, -0.2) is 17.2 Å². The lowest BCUT2D eigenvalue weighted by atomic mass is 9.89. The summed E-state index contributed by atoms with van der Waals surface area (Å²) in [4.78, 5) is 0. The van der Waals surface area contributed by atoms with Crippen LogP contribution in [0.25, 0.3) is 0 Å². The first kappa shape index (κ1) is 14.9. The SMILES string of the molecule is Cc1ccc(C(C)(O)CC(F)(F)C(F)(F)F)cc1. The van der Waals surface area contributed by atoms with Crippen molar-refractivity contribution in [2.45, 2.75) is 38.0 Å². The molecule has 1 aromatic rings. The number of hydrogen-bond donors (Lipinski definition) is 1. The van der Waals surface area contributed by atoms with Gasteiger partial charge in [-0.3, -0.25) is 0 Å². The molecule has 0 aliphatic rings. The van der Waals surface area contributed by atoms with E-state index in [9.17, 15) is 27.1 Å². The quantitative estimate of drug-likeness (QED) is 0.827. The standard InChI is InChI=1S/C12H13F5O/c1-8-3-5-9(6-4-8)10(2,18)7-11(13,14)12(15,16)17/h3-6,18H,7H2,1-2H3. The third-order valence-corrected chi connectivity index (χ3v) is 2.65. The lowest BCUT2D eigenvalue weighted by Crippen LogP contribution is -2.42. The summed E-state index contributed by atoms with van der Waals surface area (Å²) in [7, 11) is 0. The molecule has 0 fully saturated rings. The number of aliphatic hydroxyl groups is 1. The van der Waals surface area contributed by atoms with Gasteiger partial charge in [0.25, 0.3) is 0 Å². The molecule has 0 aromatic heterocycles. The molecular formula is C12H13F5O. The van der Waals surface area contributed by atoms with Gasteiger partial charge < -0.3 is 5.11 Å². The highest BCUT2D eigenvalue weighted by Crippen LogP contribution is 2.43. The van der Waals surface area contributed by atoms with Crippen LogP contribution in [0.2, 0.25) is 0 Å². The number of rotatable bonds is 3. The summed E-state index contributed by atoms with van der Waals surface area (Å²) in [5.41, 5.74) is -1.40. The van der Waals surface area contributed by atoms with Crippen molar-refractivity contribution >= 4 is 0 Å². The first-order valence-electron chi connectivity index (χ1n) is 5.20. The van der Waals surface area contributed by atoms with E-state index in [1.165, 1.54) is 24.3 Å². The van der Waals surface area contributed by atoms with E-state index in [4.69, 9.17) is 0 Å². The smallest absolute Gasteiger partial charge is 0.385 e. The van der Waals surface area contributed by atoms with Gasteiger partial charge in [0, 0.05) is 0 Å². The normalized spacial score (nSPS) is 16.4. The van der Waals surface area contributed by atoms with E-state index in [1.54, 1.807) is 6.92 Å². The molecule has 1 rings (SSSR count). The Kier molecular flexibility index (Phi) is 3.72. The summed E-state index contributed by atoms with van der Waals surface area (Å²) in [6, 6.07) is 5.74. The largest absolute Gasteiger partial charge is 0.453 e. The predicted octanol–water partition coefficient (Wildman–Crippen LogP) is 3.79. The molecule has 0 spiro atoms. The van der Waals surface area contributed by atoms with Crippen LogP contribution in [0.15, 0.2) is 24.3 Å². The van der Waals surface area contributed by atoms with Crippen molar-refractivity contribution in [3.8, 4) is 0 Å².